The molecule has 0 saturated carbocycles. The zero-order valence-corrected chi connectivity index (χ0v) is 17.8. The minimum atomic E-state index is -0.112. The van der Waals surface area contributed by atoms with Gasteiger partial charge in [-0.05, 0) is 53.5 Å². The van der Waals surface area contributed by atoms with Crippen molar-refractivity contribution in [3.63, 3.8) is 0 Å². The van der Waals surface area contributed by atoms with Crippen molar-refractivity contribution >= 4 is 33.9 Å². The van der Waals surface area contributed by atoms with Crippen molar-refractivity contribution < 1.29 is 0 Å². The minimum Gasteiger partial charge on any atom is -0.291 e. The summed E-state index contributed by atoms with van der Waals surface area (Å²) in [6.45, 7) is 0.639. The number of rotatable bonds is 5. The second kappa shape index (κ2) is 8.17. The monoisotopic (exact) mass is 418 g/mol. The van der Waals surface area contributed by atoms with Crippen molar-refractivity contribution in [2.45, 2.75) is 43.0 Å². The summed E-state index contributed by atoms with van der Waals surface area (Å²) in [5.74, 6) is 0.829. The van der Waals surface area contributed by atoms with Crippen LogP contribution in [0.2, 0.25) is 0 Å². The van der Waals surface area contributed by atoms with E-state index in [1.807, 2.05) is 10.6 Å². The number of fused-ring (bicyclic) bond motifs is 2. The summed E-state index contributed by atoms with van der Waals surface area (Å²) >= 11 is 3.41. The molecule has 0 fully saturated rings. The van der Waals surface area contributed by atoms with Crippen LogP contribution in [-0.2, 0) is 25.1 Å². The Labute approximate surface area is 178 Å². The molecule has 1 aliphatic rings. The zero-order valence-electron chi connectivity index (χ0n) is 16.1. The van der Waals surface area contributed by atoms with Gasteiger partial charge in [-0.1, -0.05) is 48.5 Å². The predicted octanol–water partition coefficient (Wildman–Crippen LogP) is 5.68. The van der Waals surface area contributed by atoms with Gasteiger partial charge in [0.15, 0.2) is 0 Å². The third kappa shape index (κ3) is 3.77. The van der Waals surface area contributed by atoms with Crippen LogP contribution in [-0.4, -0.2) is 9.55 Å². The lowest BCUT2D eigenvalue weighted by Crippen LogP contribution is -2.30. The molecular weight excluding hydrogens is 396 g/mol. The van der Waals surface area contributed by atoms with Crippen molar-refractivity contribution in [3.05, 3.63) is 92.2 Å². The van der Waals surface area contributed by atoms with E-state index in [0.29, 0.717) is 6.54 Å². The Morgan fingerprint density at radius 2 is 1.86 bits per heavy atom. The Morgan fingerprint density at radius 1 is 1.00 bits per heavy atom. The van der Waals surface area contributed by atoms with E-state index in [1.165, 1.54) is 38.9 Å². The van der Waals surface area contributed by atoms with Crippen molar-refractivity contribution in [1.82, 2.24) is 9.55 Å². The number of hydrogen-bond donors (Lipinski definition) is 0. The second-order valence-electron chi connectivity index (χ2n) is 7.42. The number of thioether (sulfide) groups is 1. The molecule has 4 aromatic rings. The molecule has 29 heavy (non-hydrogen) atoms. The van der Waals surface area contributed by atoms with Crippen LogP contribution in [0.15, 0.2) is 69.8 Å². The molecule has 2 heterocycles. The molecule has 0 aliphatic heterocycles. The highest BCUT2D eigenvalue weighted by molar-refractivity contribution is 7.98. The Balaban J connectivity index is 1.49. The summed E-state index contributed by atoms with van der Waals surface area (Å²) in [4.78, 5) is 18.6. The lowest BCUT2D eigenvalue weighted by molar-refractivity contribution is 0.571. The van der Waals surface area contributed by atoms with E-state index in [4.69, 9.17) is 0 Å². The summed E-state index contributed by atoms with van der Waals surface area (Å²) < 4.78 is 1.91. The summed E-state index contributed by atoms with van der Waals surface area (Å²) in [5.41, 5.74) is 3.67. The number of thiophene rings is 1. The number of benzene rings is 2. The molecule has 2 aromatic carbocycles. The van der Waals surface area contributed by atoms with Gasteiger partial charge in [0.1, 0.15) is 5.03 Å². The first-order valence-electron chi connectivity index (χ1n) is 10.0. The highest BCUT2D eigenvalue weighted by Crippen LogP contribution is 2.32. The van der Waals surface area contributed by atoms with Crippen molar-refractivity contribution in [2.75, 3.05) is 0 Å². The molecule has 3 nitrogen and oxygen atoms in total. The van der Waals surface area contributed by atoms with Crippen LogP contribution in [0.3, 0.4) is 0 Å². The SMILES string of the molecule is O=c1nc(SCc2cccc3ccccc23)c2c(n1Cc1cccs1)CCCC2. The molecule has 0 bridgehead atoms. The maximum atomic E-state index is 12.9. The van der Waals surface area contributed by atoms with Crippen LogP contribution < -0.4 is 5.69 Å². The molecule has 146 valence electrons. The highest BCUT2D eigenvalue weighted by atomic mass is 32.2. The van der Waals surface area contributed by atoms with Gasteiger partial charge >= 0.3 is 5.69 Å². The predicted molar refractivity (Wildman–Crippen MR) is 122 cm³/mol. The molecule has 5 heteroatoms. The van der Waals surface area contributed by atoms with Gasteiger partial charge in [0.2, 0.25) is 0 Å². The van der Waals surface area contributed by atoms with Gasteiger partial charge in [0, 0.05) is 21.9 Å². The zero-order chi connectivity index (χ0) is 19.6. The van der Waals surface area contributed by atoms with Crippen molar-refractivity contribution in [2.24, 2.45) is 0 Å². The van der Waals surface area contributed by atoms with Gasteiger partial charge in [0.25, 0.3) is 0 Å². The maximum absolute atomic E-state index is 12.9. The van der Waals surface area contributed by atoms with Crippen LogP contribution in [0.4, 0.5) is 0 Å². The Bertz CT molecular complexity index is 1210. The van der Waals surface area contributed by atoms with E-state index in [9.17, 15) is 4.79 Å². The van der Waals surface area contributed by atoms with E-state index in [2.05, 4.69) is 58.9 Å². The van der Waals surface area contributed by atoms with Gasteiger partial charge in [-0.2, -0.15) is 4.98 Å². The van der Waals surface area contributed by atoms with Crippen LogP contribution in [0.1, 0.15) is 34.5 Å². The fraction of sp³-hybridized carbons (Fsp3) is 0.250. The fourth-order valence-corrected chi connectivity index (χ4v) is 5.93. The number of hydrogen-bond acceptors (Lipinski definition) is 4. The maximum Gasteiger partial charge on any atom is 0.349 e. The van der Waals surface area contributed by atoms with Gasteiger partial charge in [0.05, 0.1) is 6.54 Å². The van der Waals surface area contributed by atoms with E-state index >= 15 is 0 Å². The quantitative estimate of drug-likeness (QED) is 0.309. The number of aromatic nitrogens is 2. The summed E-state index contributed by atoms with van der Waals surface area (Å²) in [6.07, 6.45) is 4.31. The third-order valence-corrected chi connectivity index (χ3v) is 7.52. The van der Waals surface area contributed by atoms with Crippen LogP contribution >= 0.6 is 23.1 Å². The first-order valence-corrected chi connectivity index (χ1v) is 11.9. The lowest BCUT2D eigenvalue weighted by Gasteiger charge is -2.22. The molecule has 0 radical (unpaired) electrons. The average molecular weight is 419 g/mol. The van der Waals surface area contributed by atoms with Crippen LogP contribution in [0, 0.1) is 0 Å². The van der Waals surface area contributed by atoms with Gasteiger partial charge in [-0.3, -0.25) is 4.57 Å². The molecule has 2 aromatic heterocycles. The fourth-order valence-electron chi connectivity index (χ4n) is 4.15. The molecule has 5 rings (SSSR count). The van der Waals surface area contributed by atoms with Crippen LogP contribution in [0.25, 0.3) is 10.8 Å². The normalized spacial score (nSPS) is 13.5. The summed E-state index contributed by atoms with van der Waals surface area (Å²) in [6, 6.07) is 19.1. The average Bonchev–Trinajstić information content (AvgIpc) is 3.28. The molecule has 0 spiro atoms. The first kappa shape index (κ1) is 18.6. The lowest BCUT2D eigenvalue weighted by atomic mass is 9.97. The van der Waals surface area contributed by atoms with Gasteiger partial charge < -0.3 is 0 Å². The molecule has 1 aliphatic carbocycles. The number of nitrogens with zero attached hydrogens (tertiary/aromatic N) is 2. The van der Waals surface area contributed by atoms with Gasteiger partial charge in [-0.15, -0.1) is 23.1 Å². The van der Waals surface area contributed by atoms with E-state index < -0.39 is 0 Å². The molecular formula is C24H22N2OS2. The third-order valence-electron chi connectivity index (χ3n) is 5.59. The Hall–Kier alpha value is -2.37. The first-order chi connectivity index (χ1) is 14.3. The van der Waals surface area contributed by atoms with E-state index in [0.717, 1.165) is 30.0 Å². The van der Waals surface area contributed by atoms with Crippen molar-refractivity contribution in [3.8, 4) is 0 Å². The Morgan fingerprint density at radius 3 is 2.76 bits per heavy atom. The van der Waals surface area contributed by atoms with E-state index in [1.54, 1.807) is 23.1 Å². The minimum absolute atomic E-state index is 0.112. The molecule has 0 unspecified atom stereocenters. The van der Waals surface area contributed by atoms with Crippen molar-refractivity contribution in [1.29, 1.82) is 0 Å². The standard InChI is InChI=1S/C24H22N2OS2/c27-24-25-23(29-16-18-9-5-8-17-7-1-2-11-20(17)18)21-12-3-4-13-22(21)26(24)15-19-10-6-14-28-19/h1-2,5-11,14H,3-4,12-13,15-16H2. The molecule has 0 N–H and O–H groups in total. The van der Waals surface area contributed by atoms with Crippen LogP contribution in [0.5, 0.6) is 0 Å². The molecule has 0 saturated heterocycles. The second-order valence-corrected chi connectivity index (χ2v) is 9.42. The smallest absolute Gasteiger partial charge is 0.291 e. The van der Waals surface area contributed by atoms with Gasteiger partial charge in [-0.25, -0.2) is 4.79 Å². The molecule has 0 amide bonds. The summed E-state index contributed by atoms with van der Waals surface area (Å²) in [7, 11) is 0. The Kier molecular flexibility index (Phi) is 5.25. The molecule has 0 atom stereocenters. The largest absolute Gasteiger partial charge is 0.349 e. The topological polar surface area (TPSA) is 34.9 Å². The van der Waals surface area contributed by atoms with E-state index in [-0.39, 0.29) is 5.69 Å². The summed E-state index contributed by atoms with van der Waals surface area (Å²) in [5, 5.41) is 5.53. The highest BCUT2D eigenvalue weighted by Gasteiger charge is 2.21.